The highest BCUT2D eigenvalue weighted by molar-refractivity contribution is 9.10. The van der Waals surface area contributed by atoms with E-state index < -0.39 is 17.5 Å². The number of rotatable bonds is 6. The van der Waals surface area contributed by atoms with Gasteiger partial charge in [0.15, 0.2) is 11.6 Å². The van der Waals surface area contributed by atoms with E-state index in [1.54, 1.807) is 61.5 Å². The highest BCUT2D eigenvalue weighted by Crippen LogP contribution is 2.15. The van der Waals surface area contributed by atoms with Crippen LogP contribution in [0.2, 0.25) is 0 Å². The Morgan fingerprint density at radius 3 is 2.29 bits per heavy atom. The van der Waals surface area contributed by atoms with Gasteiger partial charge in [0.1, 0.15) is 5.57 Å². The minimum absolute atomic E-state index is 0.114. The summed E-state index contributed by atoms with van der Waals surface area (Å²) in [5.41, 5.74) is 0.402. The molecule has 4 nitrogen and oxygen atoms in total. The van der Waals surface area contributed by atoms with Crippen molar-refractivity contribution in [3.63, 3.8) is 0 Å². The van der Waals surface area contributed by atoms with E-state index in [1.807, 2.05) is 0 Å². The van der Waals surface area contributed by atoms with Crippen LogP contribution < -0.4 is 0 Å². The Labute approximate surface area is 148 Å². The highest BCUT2D eigenvalue weighted by atomic mass is 79.9. The third-order valence-electron chi connectivity index (χ3n) is 3.16. The number of benzene rings is 2. The molecular formula is C19H15BrO4. The molecule has 0 aliphatic rings. The third-order valence-corrected chi connectivity index (χ3v) is 3.65. The Kier molecular flexibility index (Phi) is 6.21. The first-order valence-electron chi connectivity index (χ1n) is 7.31. The van der Waals surface area contributed by atoms with Crippen LogP contribution in [-0.4, -0.2) is 24.1 Å². The van der Waals surface area contributed by atoms with Crippen molar-refractivity contribution < 1.29 is 19.1 Å². The van der Waals surface area contributed by atoms with Crippen molar-refractivity contribution in [3.8, 4) is 0 Å². The molecule has 0 atom stereocenters. The summed E-state index contributed by atoms with van der Waals surface area (Å²) in [7, 11) is 0. The SMILES string of the molecule is CCOC(=O)/C(=C/C(=O)c1cccc(Br)c1)C(=O)c1ccccc1. The minimum Gasteiger partial charge on any atom is -0.462 e. The van der Waals surface area contributed by atoms with Gasteiger partial charge in [-0.1, -0.05) is 58.4 Å². The molecule has 0 saturated heterocycles. The van der Waals surface area contributed by atoms with Crippen LogP contribution in [0.4, 0.5) is 0 Å². The van der Waals surface area contributed by atoms with Gasteiger partial charge in [0.25, 0.3) is 0 Å². The molecule has 0 aromatic heterocycles. The van der Waals surface area contributed by atoms with Gasteiger partial charge in [-0.15, -0.1) is 0 Å². The molecule has 122 valence electrons. The Balaban J connectivity index is 2.40. The Hall–Kier alpha value is -2.53. The monoisotopic (exact) mass is 386 g/mol. The maximum Gasteiger partial charge on any atom is 0.342 e. The van der Waals surface area contributed by atoms with E-state index >= 15 is 0 Å². The van der Waals surface area contributed by atoms with Crippen LogP contribution in [0.25, 0.3) is 0 Å². The average Bonchev–Trinajstić information content (AvgIpc) is 2.59. The first-order chi connectivity index (χ1) is 11.5. The third kappa shape index (κ3) is 4.49. The smallest absolute Gasteiger partial charge is 0.342 e. The number of allylic oxidation sites excluding steroid dienone is 1. The van der Waals surface area contributed by atoms with Gasteiger partial charge in [0.2, 0.25) is 0 Å². The van der Waals surface area contributed by atoms with Crippen LogP contribution in [-0.2, 0) is 9.53 Å². The van der Waals surface area contributed by atoms with E-state index in [9.17, 15) is 14.4 Å². The number of hydrogen-bond donors (Lipinski definition) is 0. The fourth-order valence-corrected chi connectivity index (χ4v) is 2.43. The van der Waals surface area contributed by atoms with Gasteiger partial charge in [-0.25, -0.2) is 4.79 Å². The molecule has 0 spiro atoms. The van der Waals surface area contributed by atoms with Gasteiger partial charge in [-0.05, 0) is 19.1 Å². The summed E-state index contributed by atoms with van der Waals surface area (Å²) in [5.74, 6) is -1.80. The van der Waals surface area contributed by atoms with E-state index in [1.165, 1.54) is 0 Å². The summed E-state index contributed by atoms with van der Waals surface area (Å²) in [4.78, 5) is 37.1. The van der Waals surface area contributed by atoms with Crippen molar-refractivity contribution in [2.45, 2.75) is 6.92 Å². The van der Waals surface area contributed by atoms with Crippen molar-refractivity contribution in [2.75, 3.05) is 6.61 Å². The van der Waals surface area contributed by atoms with E-state index in [2.05, 4.69) is 15.9 Å². The summed E-state index contributed by atoms with van der Waals surface area (Å²) in [6.45, 7) is 1.75. The lowest BCUT2D eigenvalue weighted by Gasteiger charge is -2.06. The van der Waals surface area contributed by atoms with E-state index in [4.69, 9.17) is 4.74 Å². The van der Waals surface area contributed by atoms with Crippen molar-refractivity contribution >= 4 is 33.5 Å². The van der Waals surface area contributed by atoms with Crippen LogP contribution in [0.1, 0.15) is 27.6 Å². The lowest BCUT2D eigenvalue weighted by molar-refractivity contribution is -0.138. The zero-order valence-electron chi connectivity index (χ0n) is 13.0. The molecule has 0 amide bonds. The second-order valence-electron chi connectivity index (χ2n) is 4.85. The standard InChI is InChI=1S/C19H15BrO4/c1-2-24-19(23)16(18(22)13-7-4-3-5-8-13)12-17(21)14-9-6-10-15(20)11-14/h3-12H,2H2,1H3/b16-12+. The predicted octanol–water partition coefficient (Wildman–Crippen LogP) is 4.00. The topological polar surface area (TPSA) is 60.4 Å². The van der Waals surface area contributed by atoms with Crippen molar-refractivity contribution in [1.82, 2.24) is 0 Å². The second-order valence-corrected chi connectivity index (χ2v) is 5.76. The minimum atomic E-state index is -0.810. The second kappa shape index (κ2) is 8.36. The normalized spacial score (nSPS) is 11.0. The van der Waals surface area contributed by atoms with Gasteiger partial charge in [0, 0.05) is 21.7 Å². The number of halogens is 1. The Bertz CT molecular complexity index is 794. The summed E-state index contributed by atoms with van der Waals surface area (Å²) < 4.78 is 5.65. The van der Waals surface area contributed by atoms with Crippen molar-refractivity contribution in [1.29, 1.82) is 0 Å². The van der Waals surface area contributed by atoms with Gasteiger partial charge >= 0.3 is 5.97 Å². The van der Waals surface area contributed by atoms with Crippen LogP contribution in [0, 0.1) is 0 Å². The van der Waals surface area contributed by atoms with Crippen molar-refractivity contribution in [3.05, 3.63) is 81.8 Å². The summed E-state index contributed by atoms with van der Waals surface area (Å²) in [6, 6.07) is 15.0. The van der Waals surface area contributed by atoms with E-state index in [0.717, 1.165) is 10.5 Å². The summed E-state index contributed by atoms with van der Waals surface area (Å²) in [6.07, 6.45) is 1.04. The van der Waals surface area contributed by atoms with Crippen LogP contribution >= 0.6 is 15.9 Å². The molecule has 0 fully saturated rings. The Morgan fingerprint density at radius 1 is 1.00 bits per heavy atom. The highest BCUT2D eigenvalue weighted by Gasteiger charge is 2.22. The maximum atomic E-state index is 12.6. The van der Waals surface area contributed by atoms with Crippen LogP contribution in [0.3, 0.4) is 0 Å². The van der Waals surface area contributed by atoms with Crippen molar-refractivity contribution in [2.24, 2.45) is 0 Å². The van der Waals surface area contributed by atoms with Crippen LogP contribution in [0.5, 0.6) is 0 Å². The molecule has 2 aromatic carbocycles. The lowest BCUT2D eigenvalue weighted by atomic mass is 10.0. The largest absolute Gasteiger partial charge is 0.462 e. The molecule has 0 aliphatic carbocycles. The van der Waals surface area contributed by atoms with E-state index in [0.29, 0.717) is 11.1 Å². The number of ketones is 2. The number of esters is 1. The molecule has 24 heavy (non-hydrogen) atoms. The maximum absolute atomic E-state index is 12.6. The molecular weight excluding hydrogens is 372 g/mol. The Morgan fingerprint density at radius 2 is 1.67 bits per heavy atom. The average molecular weight is 387 g/mol. The number of hydrogen-bond acceptors (Lipinski definition) is 4. The molecule has 0 heterocycles. The summed E-state index contributed by atoms with van der Waals surface area (Å²) >= 11 is 3.28. The lowest BCUT2D eigenvalue weighted by Crippen LogP contribution is -2.18. The van der Waals surface area contributed by atoms with Crippen LogP contribution in [0.15, 0.2) is 70.7 Å². The molecule has 0 unspecified atom stereocenters. The zero-order chi connectivity index (χ0) is 17.5. The zero-order valence-corrected chi connectivity index (χ0v) is 14.6. The molecule has 5 heteroatoms. The van der Waals surface area contributed by atoms with Gasteiger partial charge < -0.3 is 4.74 Å². The molecule has 0 saturated carbocycles. The quantitative estimate of drug-likeness (QED) is 0.247. The molecule has 2 rings (SSSR count). The summed E-state index contributed by atoms with van der Waals surface area (Å²) in [5, 5.41) is 0. The number of ether oxygens (including phenoxy) is 1. The molecule has 0 N–H and O–H groups in total. The molecule has 0 aliphatic heterocycles. The van der Waals surface area contributed by atoms with Gasteiger partial charge in [-0.2, -0.15) is 0 Å². The van der Waals surface area contributed by atoms with Gasteiger partial charge in [0.05, 0.1) is 6.61 Å². The number of Topliss-reactive ketones (excluding diaryl/α,β-unsaturated/α-hetero) is 1. The van der Waals surface area contributed by atoms with E-state index in [-0.39, 0.29) is 12.2 Å². The first kappa shape index (κ1) is 17.8. The predicted molar refractivity (Wildman–Crippen MR) is 94.0 cm³/mol. The molecule has 0 bridgehead atoms. The first-order valence-corrected chi connectivity index (χ1v) is 8.10. The van der Waals surface area contributed by atoms with Gasteiger partial charge in [-0.3, -0.25) is 9.59 Å². The fourth-order valence-electron chi connectivity index (χ4n) is 2.03. The molecule has 2 aromatic rings. The fraction of sp³-hybridized carbons (Fsp3) is 0.105. The number of carbonyl (C=O) groups excluding carboxylic acids is 3. The molecule has 0 radical (unpaired) electrons. The number of carbonyl (C=O) groups is 3.